The van der Waals surface area contributed by atoms with Gasteiger partial charge in [0.05, 0.1) is 6.61 Å². The van der Waals surface area contributed by atoms with Crippen LogP contribution in [0.5, 0.6) is 5.75 Å². The standard InChI is InChI=1S/C15H19NO3/c1-11(18)3-2-4-12-10-16-15-6-5-13(9-14(12)15)19-8-7-17/h5-6,9-10,16-17H,2-4,7-8H2,1H3. The summed E-state index contributed by atoms with van der Waals surface area (Å²) in [6, 6.07) is 5.83. The van der Waals surface area contributed by atoms with E-state index in [1.807, 2.05) is 24.4 Å². The summed E-state index contributed by atoms with van der Waals surface area (Å²) in [7, 11) is 0. The van der Waals surface area contributed by atoms with E-state index >= 15 is 0 Å². The molecular weight excluding hydrogens is 242 g/mol. The number of ketones is 1. The lowest BCUT2D eigenvalue weighted by Gasteiger charge is -2.05. The van der Waals surface area contributed by atoms with Crippen molar-refractivity contribution < 1.29 is 14.6 Å². The van der Waals surface area contributed by atoms with Gasteiger partial charge in [-0.15, -0.1) is 0 Å². The highest BCUT2D eigenvalue weighted by Crippen LogP contribution is 2.24. The average Bonchev–Trinajstić information content (AvgIpc) is 2.79. The van der Waals surface area contributed by atoms with E-state index in [2.05, 4.69) is 4.98 Å². The van der Waals surface area contributed by atoms with E-state index in [0.29, 0.717) is 13.0 Å². The Morgan fingerprint density at radius 3 is 3.00 bits per heavy atom. The second kappa shape index (κ2) is 6.38. The van der Waals surface area contributed by atoms with Crippen LogP contribution in [-0.2, 0) is 11.2 Å². The third-order valence-corrected chi connectivity index (χ3v) is 3.07. The molecule has 0 fully saturated rings. The van der Waals surface area contributed by atoms with Gasteiger partial charge in [0.2, 0.25) is 0 Å². The number of aliphatic hydroxyl groups is 1. The topological polar surface area (TPSA) is 62.3 Å². The smallest absolute Gasteiger partial charge is 0.129 e. The molecule has 2 N–H and O–H groups in total. The number of aryl methyl sites for hydroxylation is 1. The van der Waals surface area contributed by atoms with Crippen molar-refractivity contribution >= 4 is 16.7 Å². The highest BCUT2D eigenvalue weighted by molar-refractivity contribution is 5.84. The molecule has 1 aromatic carbocycles. The predicted octanol–water partition coefficient (Wildman–Crippen LogP) is 2.45. The molecule has 2 rings (SSSR count). The number of benzene rings is 1. The number of aromatic amines is 1. The van der Waals surface area contributed by atoms with E-state index in [4.69, 9.17) is 9.84 Å². The first kappa shape index (κ1) is 13.6. The molecule has 0 bridgehead atoms. The molecule has 102 valence electrons. The molecule has 1 aromatic heterocycles. The minimum atomic E-state index is 0.0106. The maximum absolute atomic E-state index is 11.0. The molecule has 1 heterocycles. The fourth-order valence-electron chi connectivity index (χ4n) is 2.15. The second-order valence-corrected chi connectivity index (χ2v) is 4.65. The maximum atomic E-state index is 11.0. The van der Waals surface area contributed by atoms with E-state index < -0.39 is 0 Å². The van der Waals surface area contributed by atoms with Gasteiger partial charge in [-0.3, -0.25) is 0 Å². The molecule has 0 saturated carbocycles. The molecule has 0 aliphatic heterocycles. The van der Waals surface area contributed by atoms with Crippen molar-refractivity contribution in [1.29, 1.82) is 0 Å². The number of carbonyl (C=O) groups is 1. The normalized spacial score (nSPS) is 10.8. The number of carbonyl (C=O) groups excluding carboxylic acids is 1. The van der Waals surface area contributed by atoms with Crippen molar-refractivity contribution in [3.05, 3.63) is 30.0 Å². The zero-order valence-electron chi connectivity index (χ0n) is 11.1. The molecule has 0 amide bonds. The third kappa shape index (κ3) is 3.58. The number of H-pyrrole nitrogens is 1. The summed E-state index contributed by atoms with van der Waals surface area (Å²) in [6.45, 7) is 1.93. The summed E-state index contributed by atoms with van der Waals surface area (Å²) in [5.74, 6) is 0.987. The maximum Gasteiger partial charge on any atom is 0.129 e. The van der Waals surface area contributed by atoms with Crippen LogP contribution >= 0.6 is 0 Å². The molecule has 19 heavy (non-hydrogen) atoms. The van der Waals surface area contributed by atoms with Crippen molar-refractivity contribution in [2.45, 2.75) is 26.2 Å². The number of Topliss-reactive ketones (excluding diaryl/α,β-unsaturated/α-hetero) is 1. The molecule has 0 spiro atoms. The van der Waals surface area contributed by atoms with Crippen LogP contribution in [0.4, 0.5) is 0 Å². The Kier molecular flexibility index (Phi) is 4.58. The van der Waals surface area contributed by atoms with Crippen molar-refractivity contribution in [2.24, 2.45) is 0 Å². The number of fused-ring (bicyclic) bond motifs is 1. The van der Waals surface area contributed by atoms with Gasteiger partial charge in [-0.25, -0.2) is 0 Å². The van der Waals surface area contributed by atoms with Crippen molar-refractivity contribution in [3.63, 3.8) is 0 Å². The van der Waals surface area contributed by atoms with Gasteiger partial charge in [-0.1, -0.05) is 0 Å². The summed E-state index contributed by atoms with van der Waals surface area (Å²) in [6.07, 6.45) is 4.35. The van der Waals surface area contributed by atoms with Crippen LogP contribution in [-0.4, -0.2) is 29.1 Å². The van der Waals surface area contributed by atoms with E-state index in [1.165, 1.54) is 5.56 Å². The summed E-state index contributed by atoms with van der Waals surface area (Å²) in [5, 5.41) is 9.88. The van der Waals surface area contributed by atoms with Crippen LogP contribution in [0.2, 0.25) is 0 Å². The molecule has 0 saturated heterocycles. The largest absolute Gasteiger partial charge is 0.491 e. The molecule has 0 atom stereocenters. The Labute approximate surface area is 112 Å². The number of nitrogens with one attached hydrogen (secondary N) is 1. The number of aliphatic hydroxyl groups excluding tert-OH is 1. The Bertz CT molecular complexity index is 560. The quantitative estimate of drug-likeness (QED) is 0.804. The minimum Gasteiger partial charge on any atom is -0.491 e. The number of ether oxygens (including phenoxy) is 1. The zero-order chi connectivity index (χ0) is 13.7. The fraction of sp³-hybridized carbons (Fsp3) is 0.400. The number of aromatic nitrogens is 1. The summed E-state index contributed by atoms with van der Waals surface area (Å²) >= 11 is 0. The van der Waals surface area contributed by atoms with Crippen LogP contribution in [0.1, 0.15) is 25.3 Å². The Morgan fingerprint density at radius 1 is 1.42 bits per heavy atom. The number of rotatable bonds is 7. The molecule has 2 aromatic rings. The first-order valence-corrected chi connectivity index (χ1v) is 6.54. The second-order valence-electron chi connectivity index (χ2n) is 4.65. The van der Waals surface area contributed by atoms with E-state index in [-0.39, 0.29) is 12.4 Å². The first-order chi connectivity index (χ1) is 9.20. The van der Waals surface area contributed by atoms with Crippen LogP contribution in [0.25, 0.3) is 10.9 Å². The van der Waals surface area contributed by atoms with Crippen molar-refractivity contribution in [2.75, 3.05) is 13.2 Å². The van der Waals surface area contributed by atoms with Crippen molar-refractivity contribution in [3.8, 4) is 5.75 Å². The third-order valence-electron chi connectivity index (χ3n) is 3.07. The lowest BCUT2D eigenvalue weighted by molar-refractivity contribution is -0.117. The van der Waals surface area contributed by atoms with Gasteiger partial charge in [0, 0.05) is 23.5 Å². The van der Waals surface area contributed by atoms with Gasteiger partial charge in [0.15, 0.2) is 0 Å². The predicted molar refractivity (Wildman–Crippen MR) is 74.5 cm³/mol. The van der Waals surface area contributed by atoms with Crippen LogP contribution in [0.15, 0.2) is 24.4 Å². The monoisotopic (exact) mass is 261 g/mol. The molecule has 0 aliphatic carbocycles. The Morgan fingerprint density at radius 2 is 2.26 bits per heavy atom. The van der Waals surface area contributed by atoms with E-state index in [9.17, 15) is 4.79 Å². The van der Waals surface area contributed by atoms with Gasteiger partial charge in [-0.2, -0.15) is 0 Å². The zero-order valence-corrected chi connectivity index (χ0v) is 11.1. The van der Waals surface area contributed by atoms with Gasteiger partial charge in [0.1, 0.15) is 18.1 Å². The highest BCUT2D eigenvalue weighted by atomic mass is 16.5. The molecular formula is C15H19NO3. The van der Waals surface area contributed by atoms with Crippen LogP contribution in [0.3, 0.4) is 0 Å². The molecule has 4 nitrogen and oxygen atoms in total. The van der Waals surface area contributed by atoms with Crippen molar-refractivity contribution in [1.82, 2.24) is 4.98 Å². The molecule has 0 radical (unpaired) electrons. The van der Waals surface area contributed by atoms with Gasteiger partial charge >= 0.3 is 0 Å². The Balaban J connectivity index is 2.12. The first-order valence-electron chi connectivity index (χ1n) is 6.54. The van der Waals surface area contributed by atoms with Gasteiger partial charge < -0.3 is 19.6 Å². The highest BCUT2D eigenvalue weighted by Gasteiger charge is 2.06. The van der Waals surface area contributed by atoms with E-state index in [1.54, 1.807) is 6.92 Å². The number of hydrogen-bond donors (Lipinski definition) is 2. The van der Waals surface area contributed by atoms with E-state index in [0.717, 1.165) is 29.5 Å². The summed E-state index contributed by atoms with van der Waals surface area (Å²) in [4.78, 5) is 14.2. The molecule has 4 heteroatoms. The molecule has 0 unspecified atom stereocenters. The summed E-state index contributed by atoms with van der Waals surface area (Å²) in [5.41, 5.74) is 2.26. The van der Waals surface area contributed by atoms with Gasteiger partial charge in [0.25, 0.3) is 0 Å². The lowest BCUT2D eigenvalue weighted by atomic mass is 10.1. The average molecular weight is 261 g/mol. The lowest BCUT2D eigenvalue weighted by Crippen LogP contribution is -2.01. The minimum absolute atomic E-state index is 0.0106. The Hall–Kier alpha value is -1.81. The summed E-state index contributed by atoms with van der Waals surface area (Å²) < 4.78 is 5.41. The molecule has 0 aliphatic rings. The van der Waals surface area contributed by atoms with Gasteiger partial charge in [-0.05, 0) is 43.5 Å². The number of hydrogen-bond acceptors (Lipinski definition) is 3. The fourth-order valence-corrected chi connectivity index (χ4v) is 2.15. The van der Waals surface area contributed by atoms with Crippen LogP contribution < -0.4 is 4.74 Å². The SMILES string of the molecule is CC(=O)CCCc1c[nH]c2ccc(OCCO)cc12. The van der Waals surface area contributed by atoms with Crippen LogP contribution in [0, 0.1) is 0 Å².